The zero-order valence-corrected chi connectivity index (χ0v) is 8.95. The van der Waals surface area contributed by atoms with Crippen molar-refractivity contribution < 1.29 is 15.0 Å². The van der Waals surface area contributed by atoms with Gasteiger partial charge in [-0.05, 0) is 17.7 Å². The Labute approximate surface area is 97.1 Å². The Bertz CT molecular complexity index is 519. The Morgan fingerprint density at radius 1 is 1.29 bits per heavy atom. The third-order valence-corrected chi connectivity index (χ3v) is 2.39. The Balaban J connectivity index is 2.16. The molecule has 0 aliphatic heterocycles. The van der Waals surface area contributed by atoms with Gasteiger partial charge in [0, 0.05) is 0 Å². The van der Waals surface area contributed by atoms with E-state index in [4.69, 9.17) is 10.2 Å². The van der Waals surface area contributed by atoms with Crippen molar-refractivity contribution in [2.24, 2.45) is 0 Å². The molecule has 6 heteroatoms. The van der Waals surface area contributed by atoms with Gasteiger partial charge in [-0.2, -0.15) is 0 Å². The maximum absolute atomic E-state index is 10.7. The Hall–Kier alpha value is -2.21. The highest BCUT2D eigenvalue weighted by Crippen LogP contribution is 2.07. The van der Waals surface area contributed by atoms with E-state index in [2.05, 4.69) is 10.3 Å². The quantitative estimate of drug-likeness (QED) is 0.803. The first kappa shape index (κ1) is 11.3. The normalized spacial score (nSPS) is 10.4. The summed E-state index contributed by atoms with van der Waals surface area (Å²) in [5, 5.41) is 25.3. The fourth-order valence-electron chi connectivity index (χ4n) is 1.46. The molecule has 0 fully saturated rings. The molecule has 0 aliphatic rings. The second-order valence-corrected chi connectivity index (χ2v) is 3.54. The minimum atomic E-state index is -0.951. The number of aromatic nitrogens is 3. The average Bonchev–Trinajstić information content (AvgIpc) is 2.77. The van der Waals surface area contributed by atoms with Crippen molar-refractivity contribution in [1.82, 2.24) is 15.0 Å². The zero-order valence-electron chi connectivity index (χ0n) is 8.95. The van der Waals surface area contributed by atoms with E-state index in [-0.39, 0.29) is 12.2 Å². The smallest absolute Gasteiger partial charge is 0.335 e. The van der Waals surface area contributed by atoms with Gasteiger partial charge in [0.15, 0.2) is 0 Å². The third kappa shape index (κ3) is 2.48. The lowest BCUT2D eigenvalue weighted by Gasteiger charge is -2.04. The molecule has 1 aromatic heterocycles. The fourth-order valence-corrected chi connectivity index (χ4v) is 1.46. The molecule has 0 bridgehead atoms. The number of nitrogens with zero attached hydrogens (tertiary/aromatic N) is 3. The number of carboxylic acid groups (broad SMARTS) is 1. The van der Waals surface area contributed by atoms with Crippen LogP contribution in [0.4, 0.5) is 0 Å². The van der Waals surface area contributed by atoms with Gasteiger partial charge in [0.2, 0.25) is 0 Å². The minimum absolute atomic E-state index is 0.125. The lowest BCUT2D eigenvalue weighted by Crippen LogP contribution is -2.06. The molecule has 2 aromatic rings. The van der Waals surface area contributed by atoms with E-state index in [1.54, 1.807) is 16.8 Å². The van der Waals surface area contributed by atoms with Gasteiger partial charge >= 0.3 is 5.97 Å². The van der Waals surface area contributed by atoms with Gasteiger partial charge in [-0.25, -0.2) is 9.48 Å². The van der Waals surface area contributed by atoms with Gasteiger partial charge in [-0.3, -0.25) is 0 Å². The van der Waals surface area contributed by atoms with Crippen LogP contribution in [0.3, 0.4) is 0 Å². The molecule has 0 saturated carbocycles. The molecule has 17 heavy (non-hydrogen) atoms. The second-order valence-electron chi connectivity index (χ2n) is 3.54. The summed E-state index contributed by atoms with van der Waals surface area (Å²) < 4.78 is 1.57. The molecule has 2 rings (SSSR count). The summed E-state index contributed by atoms with van der Waals surface area (Å²) in [5.41, 5.74) is 1.76. The van der Waals surface area contributed by atoms with Crippen LogP contribution in [-0.4, -0.2) is 31.2 Å². The Kier molecular flexibility index (Phi) is 3.15. The van der Waals surface area contributed by atoms with E-state index >= 15 is 0 Å². The number of hydrogen-bond acceptors (Lipinski definition) is 4. The number of aromatic carboxylic acids is 1. The average molecular weight is 233 g/mol. The molecule has 0 radical (unpaired) electrons. The van der Waals surface area contributed by atoms with Gasteiger partial charge < -0.3 is 10.2 Å². The largest absolute Gasteiger partial charge is 0.478 e. The first-order chi connectivity index (χ1) is 8.20. The molecule has 0 atom stereocenters. The van der Waals surface area contributed by atoms with Crippen molar-refractivity contribution in [3.63, 3.8) is 0 Å². The molecule has 0 spiro atoms. The van der Waals surface area contributed by atoms with E-state index < -0.39 is 5.97 Å². The summed E-state index contributed by atoms with van der Waals surface area (Å²) in [5.74, 6) is -0.951. The molecular formula is C11H11N3O3. The lowest BCUT2D eigenvalue weighted by atomic mass is 10.1. The highest BCUT2D eigenvalue weighted by molar-refractivity contribution is 5.87. The van der Waals surface area contributed by atoms with E-state index in [0.29, 0.717) is 12.2 Å². The maximum Gasteiger partial charge on any atom is 0.335 e. The van der Waals surface area contributed by atoms with Crippen molar-refractivity contribution in [2.45, 2.75) is 13.2 Å². The van der Waals surface area contributed by atoms with Gasteiger partial charge in [0.1, 0.15) is 0 Å². The molecular weight excluding hydrogens is 222 g/mol. The van der Waals surface area contributed by atoms with Crippen LogP contribution in [0, 0.1) is 0 Å². The summed E-state index contributed by atoms with van der Waals surface area (Å²) in [6.45, 7) is 0.329. The minimum Gasteiger partial charge on any atom is -0.478 e. The van der Waals surface area contributed by atoms with Crippen LogP contribution in [0.2, 0.25) is 0 Å². The number of aliphatic hydroxyl groups is 1. The summed E-state index contributed by atoms with van der Waals surface area (Å²) >= 11 is 0. The number of carbonyl (C=O) groups is 1. The van der Waals surface area contributed by atoms with E-state index in [0.717, 1.165) is 5.56 Å². The Morgan fingerprint density at radius 3 is 2.59 bits per heavy atom. The van der Waals surface area contributed by atoms with E-state index in [1.165, 1.54) is 18.3 Å². The fraction of sp³-hybridized carbons (Fsp3) is 0.182. The summed E-state index contributed by atoms with van der Waals surface area (Å²) in [7, 11) is 0. The highest BCUT2D eigenvalue weighted by atomic mass is 16.4. The number of rotatable bonds is 4. The van der Waals surface area contributed by atoms with Crippen LogP contribution in [0.25, 0.3) is 0 Å². The van der Waals surface area contributed by atoms with Gasteiger partial charge in [0.05, 0.1) is 30.6 Å². The van der Waals surface area contributed by atoms with Gasteiger partial charge in [-0.15, -0.1) is 5.10 Å². The van der Waals surface area contributed by atoms with Gasteiger partial charge in [-0.1, -0.05) is 17.3 Å². The van der Waals surface area contributed by atoms with Crippen molar-refractivity contribution in [2.75, 3.05) is 0 Å². The molecule has 2 N–H and O–H groups in total. The number of carboxylic acids is 1. The lowest BCUT2D eigenvalue weighted by molar-refractivity contribution is 0.0697. The molecule has 0 amide bonds. The molecule has 1 aromatic carbocycles. The van der Waals surface area contributed by atoms with E-state index in [1.807, 2.05) is 0 Å². The standard InChI is InChI=1S/C11H11N3O3/c15-7-10-5-12-13-14(10)6-8-1-3-9(4-2-8)11(16)17/h1-5,15H,6-7H2,(H,16,17). The van der Waals surface area contributed by atoms with Crippen LogP contribution in [-0.2, 0) is 13.2 Å². The SMILES string of the molecule is O=C(O)c1ccc(Cn2nncc2CO)cc1. The molecule has 0 saturated heterocycles. The summed E-state index contributed by atoms with van der Waals surface area (Å²) in [6.07, 6.45) is 1.49. The predicted molar refractivity (Wildman–Crippen MR) is 58.4 cm³/mol. The van der Waals surface area contributed by atoms with Crippen LogP contribution >= 0.6 is 0 Å². The Morgan fingerprint density at radius 2 is 2.00 bits per heavy atom. The number of aliphatic hydroxyl groups excluding tert-OH is 1. The topological polar surface area (TPSA) is 88.2 Å². The number of hydrogen-bond donors (Lipinski definition) is 2. The number of benzene rings is 1. The van der Waals surface area contributed by atoms with Gasteiger partial charge in [0.25, 0.3) is 0 Å². The van der Waals surface area contributed by atoms with Crippen LogP contribution in [0.5, 0.6) is 0 Å². The van der Waals surface area contributed by atoms with E-state index in [9.17, 15) is 4.79 Å². The molecule has 1 heterocycles. The highest BCUT2D eigenvalue weighted by Gasteiger charge is 2.05. The first-order valence-corrected chi connectivity index (χ1v) is 5.01. The van der Waals surface area contributed by atoms with Crippen molar-refractivity contribution in [3.8, 4) is 0 Å². The van der Waals surface area contributed by atoms with Crippen LogP contribution < -0.4 is 0 Å². The van der Waals surface area contributed by atoms with Crippen molar-refractivity contribution >= 4 is 5.97 Å². The molecule has 0 aliphatic carbocycles. The van der Waals surface area contributed by atoms with Crippen molar-refractivity contribution in [3.05, 3.63) is 47.3 Å². The molecule has 0 unspecified atom stereocenters. The first-order valence-electron chi connectivity index (χ1n) is 5.01. The van der Waals surface area contributed by atoms with Crippen molar-refractivity contribution in [1.29, 1.82) is 0 Å². The molecule has 88 valence electrons. The zero-order chi connectivity index (χ0) is 12.3. The third-order valence-electron chi connectivity index (χ3n) is 2.39. The maximum atomic E-state index is 10.7. The second kappa shape index (κ2) is 4.75. The van der Waals surface area contributed by atoms with Crippen LogP contribution in [0.15, 0.2) is 30.5 Å². The monoisotopic (exact) mass is 233 g/mol. The predicted octanol–water partition coefficient (Wildman–Crippen LogP) is 0.517. The summed E-state index contributed by atoms with van der Waals surface area (Å²) in [4.78, 5) is 10.7. The summed E-state index contributed by atoms with van der Waals surface area (Å²) in [6, 6.07) is 6.50. The van der Waals surface area contributed by atoms with Crippen LogP contribution in [0.1, 0.15) is 21.6 Å². The molecule has 6 nitrogen and oxygen atoms in total.